The number of hydrogen-bond donors (Lipinski definition) is 7. The van der Waals surface area contributed by atoms with Crippen molar-refractivity contribution in [3.05, 3.63) is 186 Å². The third kappa shape index (κ3) is 19.3. The largest absolute Gasteiger partial charge is 0.484 e. The van der Waals surface area contributed by atoms with E-state index in [0.717, 1.165) is 23.1 Å². The average molecular weight is 943 g/mol. The first-order valence-electron chi connectivity index (χ1n) is 22.8. The second-order valence-corrected chi connectivity index (χ2v) is 15.9. The standard InChI is InChI=1S/C33H38N8O6.C13H12.C8H10.C2H2/c34-28(41-35)14-15-36-32(45)26-17-22-8-12-25(13-9-22)47-20-31(44)37-18-29(42)40-27(33(46)38-19-30(43)39-26)16-21-6-10-24(11-7-21)23-4-2-1-3-5-23;1-11-7-9-13(10-8-11)12-5-3-2-4-6-12;1-2-8-6-4-3-5-7-8;1-2/h1-13,26-27H,14-20,35H2,(H2,34,41)(H,36,45)(H,37,44)(H,38,46)(H,39,43)(H,40,42);2-10H,1H3;3-7H,2H2,1H3;1-2H/t26-,27+;;;/m0.../s1. The van der Waals surface area contributed by atoms with Crippen LogP contribution < -0.4 is 42.9 Å². The molecule has 362 valence electrons. The summed E-state index contributed by atoms with van der Waals surface area (Å²) >= 11 is 0. The van der Waals surface area contributed by atoms with Gasteiger partial charge in [0.05, 0.1) is 13.1 Å². The van der Waals surface area contributed by atoms with Crippen LogP contribution in [0, 0.1) is 19.8 Å². The maximum atomic E-state index is 13.3. The molecule has 2 bridgehead atoms. The predicted molar refractivity (Wildman–Crippen MR) is 277 cm³/mol. The van der Waals surface area contributed by atoms with Gasteiger partial charge in [0.15, 0.2) is 6.61 Å². The minimum Gasteiger partial charge on any atom is -0.484 e. The van der Waals surface area contributed by atoms with E-state index in [1.54, 1.807) is 24.3 Å². The van der Waals surface area contributed by atoms with E-state index in [9.17, 15) is 24.0 Å². The molecule has 2 atom stereocenters. The molecule has 0 fully saturated rings. The van der Waals surface area contributed by atoms with Crippen LogP contribution in [0.4, 0.5) is 0 Å². The number of nitrogens with two attached hydrogens (primary N) is 2. The molecular formula is C56H62N8O6. The molecule has 2 aliphatic heterocycles. The maximum absolute atomic E-state index is 13.3. The minimum atomic E-state index is -1.07. The van der Waals surface area contributed by atoms with E-state index >= 15 is 0 Å². The molecule has 9 N–H and O–H groups in total. The molecular weight excluding hydrogens is 881 g/mol. The highest BCUT2D eigenvalue weighted by Gasteiger charge is 2.25. The summed E-state index contributed by atoms with van der Waals surface area (Å²) < 4.78 is 5.52. The zero-order valence-corrected chi connectivity index (χ0v) is 39.6. The smallest absolute Gasteiger partial charge is 0.258 e. The van der Waals surface area contributed by atoms with Crippen LogP contribution in [0.1, 0.15) is 35.6 Å². The summed E-state index contributed by atoms with van der Waals surface area (Å²) in [6.07, 6.45) is 9.57. The number of amidine groups is 1. The number of hydrazone groups is 1. The number of fused-ring (bicyclic) bond motifs is 16. The number of hydrogen-bond acceptors (Lipinski definition) is 8. The number of rotatable bonds is 9. The van der Waals surface area contributed by atoms with Crippen LogP contribution in [-0.4, -0.2) is 73.7 Å². The normalized spacial score (nSPS) is 15.2. The molecule has 2 aliphatic rings. The first kappa shape index (κ1) is 53.9. The molecule has 0 saturated carbocycles. The van der Waals surface area contributed by atoms with Crippen LogP contribution in [-0.2, 0) is 43.2 Å². The van der Waals surface area contributed by atoms with Crippen LogP contribution in [0.5, 0.6) is 5.75 Å². The van der Waals surface area contributed by atoms with Crippen LogP contribution in [0.25, 0.3) is 22.3 Å². The molecule has 6 aromatic rings. The SMILES string of the molecule is C#C.CCc1ccccc1.Cc1ccc(-c2ccccc2)cc1.N/N=C(\N)CCNC(=O)[C@@H]1Cc2ccc(cc2)OCC(=O)NCC(=O)N[C@H](Cc2ccc(-c3ccccc3)cc2)C(=O)NCC(=O)N1. The van der Waals surface area contributed by atoms with Crippen molar-refractivity contribution >= 4 is 35.4 Å². The van der Waals surface area contributed by atoms with Gasteiger partial charge in [0, 0.05) is 25.8 Å². The first-order valence-corrected chi connectivity index (χ1v) is 22.8. The van der Waals surface area contributed by atoms with Gasteiger partial charge in [-0.15, -0.1) is 12.8 Å². The molecule has 70 heavy (non-hydrogen) atoms. The lowest BCUT2D eigenvalue weighted by molar-refractivity contribution is -0.132. The molecule has 2 heterocycles. The number of terminal acetylenes is 1. The Morgan fingerprint density at radius 1 is 0.657 bits per heavy atom. The minimum absolute atomic E-state index is 0.111. The quantitative estimate of drug-likeness (QED) is 0.0240. The van der Waals surface area contributed by atoms with Gasteiger partial charge in [-0.2, -0.15) is 5.10 Å². The first-order chi connectivity index (χ1) is 34.0. The second-order valence-electron chi connectivity index (χ2n) is 15.9. The number of nitrogens with zero attached hydrogens (tertiary/aromatic N) is 1. The maximum Gasteiger partial charge on any atom is 0.258 e. The summed E-state index contributed by atoms with van der Waals surface area (Å²) in [7, 11) is 0. The summed E-state index contributed by atoms with van der Waals surface area (Å²) in [5, 5.41) is 16.4. The van der Waals surface area contributed by atoms with Gasteiger partial charge >= 0.3 is 0 Å². The van der Waals surface area contributed by atoms with Crippen molar-refractivity contribution in [1.82, 2.24) is 26.6 Å². The van der Waals surface area contributed by atoms with E-state index in [-0.39, 0.29) is 38.2 Å². The Balaban J connectivity index is 0.000000374. The molecule has 0 spiro atoms. The van der Waals surface area contributed by atoms with Gasteiger partial charge in [-0.05, 0) is 64.4 Å². The fraction of sp³-hybridized carbons (Fsp3) is 0.214. The van der Waals surface area contributed by atoms with E-state index in [4.69, 9.17) is 16.3 Å². The van der Waals surface area contributed by atoms with Crippen molar-refractivity contribution in [2.24, 2.45) is 16.7 Å². The number of benzene rings is 6. The molecule has 0 unspecified atom stereocenters. The highest BCUT2D eigenvalue weighted by atomic mass is 16.5. The van der Waals surface area contributed by atoms with E-state index in [2.05, 4.69) is 131 Å². The Kier molecular flexibility index (Phi) is 23.0. The second kappa shape index (κ2) is 29.8. The highest BCUT2D eigenvalue weighted by Crippen LogP contribution is 2.21. The van der Waals surface area contributed by atoms with E-state index in [0.29, 0.717) is 11.3 Å². The predicted octanol–water partition coefficient (Wildman–Crippen LogP) is 5.63. The fourth-order valence-corrected chi connectivity index (χ4v) is 6.83. The van der Waals surface area contributed by atoms with Crippen LogP contribution in [0.15, 0.2) is 169 Å². The van der Waals surface area contributed by atoms with E-state index in [1.807, 2.05) is 66.7 Å². The van der Waals surface area contributed by atoms with Gasteiger partial charge in [0.25, 0.3) is 5.91 Å². The van der Waals surface area contributed by atoms with E-state index < -0.39 is 54.7 Å². The lowest BCUT2D eigenvalue weighted by Gasteiger charge is -2.21. The summed E-state index contributed by atoms with van der Waals surface area (Å²) in [6, 6.07) is 51.3. The fourth-order valence-electron chi connectivity index (χ4n) is 6.83. The third-order valence-corrected chi connectivity index (χ3v) is 10.7. The van der Waals surface area contributed by atoms with Crippen molar-refractivity contribution in [1.29, 1.82) is 0 Å². The Morgan fingerprint density at radius 3 is 1.71 bits per heavy atom. The molecule has 14 heteroatoms. The topological polar surface area (TPSA) is 219 Å². The number of carbonyl (C=O) groups is 5. The van der Waals surface area contributed by atoms with Gasteiger partial charge in [-0.1, -0.05) is 164 Å². The Morgan fingerprint density at radius 2 is 1.17 bits per heavy atom. The molecule has 0 saturated heterocycles. The Labute approximate surface area is 410 Å². The number of nitrogens with one attached hydrogen (secondary N) is 5. The number of carbonyl (C=O) groups excluding carboxylic acids is 5. The number of amides is 5. The van der Waals surface area contributed by atoms with Crippen molar-refractivity contribution in [2.75, 3.05) is 26.2 Å². The molecule has 8 rings (SSSR count). The Hall–Kier alpha value is -8.70. The summed E-state index contributed by atoms with van der Waals surface area (Å²) in [5.41, 5.74) is 14.3. The third-order valence-electron chi connectivity index (χ3n) is 10.7. The van der Waals surface area contributed by atoms with Crippen molar-refractivity contribution in [3.8, 4) is 40.9 Å². The van der Waals surface area contributed by atoms with Crippen molar-refractivity contribution in [2.45, 2.75) is 51.6 Å². The summed E-state index contributed by atoms with van der Waals surface area (Å²) in [4.78, 5) is 64.5. The monoisotopic (exact) mass is 942 g/mol. The number of aryl methyl sites for hydroxylation is 2. The summed E-state index contributed by atoms with van der Waals surface area (Å²) in [5.74, 6) is 2.81. The van der Waals surface area contributed by atoms with Gasteiger partial charge in [0.2, 0.25) is 23.6 Å². The van der Waals surface area contributed by atoms with Crippen LogP contribution >= 0.6 is 0 Å². The molecule has 6 aromatic carbocycles. The molecule has 5 amide bonds. The molecule has 14 nitrogen and oxygen atoms in total. The molecule has 0 radical (unpaired) electrons. The zero-order chi connectivity index (χ0) is 50.5. The Bertz CT molecular complexity index is 2590. The summed E-state index contributed by atoms with van der Waals surface area (Å²) in [6.45, 7) is 3.21. The van der Waals surface area contributed by atoms with Gasteiger partial charge in [-0.3, -0.25) is 24.0 Å². The van der Waals surface area contributed by atoms with E-state index in [1.165, 1.54) is 22.3 Å². The van der Waals surface area contributed by atoms with Gasteiger partial charge in [0.1, 0.15) is 23.7 Å². The van der Waals surface area contributed by atoms with Crippen LogP contribution in [0.2, 0.25) is 0 Å². The molecule has 0 aromatic heterocycles. The lowest BCUT2D eigenvalue weighted by Crippen LogP contribution is -2.54. The van der Waals surface area contributed by atoms with Crippen LogP contribution in [0.3, 0.4) is 0 Å². The number of ether oxygens (including phenoxy) is 1. The highest BCUT2D eigenvalue weighted by molar-refractivity contribution is 5.94. The van der Waals surface area contributed by atoms with Gasteiger partial charge < -0.3 is 42.9 Å². The zero-order valence-electron chi connectivity index (χ0n) is 39.6. The van der Waals surface area contributed by atoms with Crippen molar-refractivity contribution in [3.63, 3.8) is 0 Å². The lowest BCUT2D eigenvalue weighted by atomic mass is 10.00. The van der Waals surface area contributed by atoms with Crippen molar-refractivity contribution < 1.29 is 28.7 Å². The molecule has 0 aliphatic carbocycles. The average Bonchev–Trinajstić information content (AvgIpc) is 3.40. The van der Waals surface area contributed by atoms with Gasteiger partial charge in [-0.25, -0.2) is 0 Å².